The van der Waals surface area contributed by atoms with Gasteiger partial charge >= 0.3 is 0 Å². The topological polar surface area (TPSA) is 32.9 Å². The highest BCUT2D eigenvalue weighted by atomic mass is 127. The summed E-state index contributed by atoms with van der Waals surface area (Å²) in [5.74, 6) is 0. The first-order valence-electron chi connectivity index (χ1n) is 5.31. The number of aromatic amines is 1. The molecule has 0 radical (unpaired) electrons. The summed E-state index contributed by atoms with van der Waals surface area (Å²) in [6, 6.07) is 5.37. The van der Waals surface area contributed by atoms with Gasteiger partial charge in [-0.2, -0.15) is 0 Å². The second-order valence-corrected chi connectivity index (χ2v) is 6.76. The van der Waals surface area contributed by atoms with E-state index in [0.717, 1.165) is 14.8 Å². The van der Waals surface area contributed by atoms with E-state index in [9.17, 15) is 4.79 Å². The maximum Gasteiger partial charge on any atom is 0.189 e. The van der Waals surface area contributed by atoms with Gasteiger partial charge in [-0.05, 0) is 34.7 Å². The van der Waals surface area contributed by atoms with Gasteiger partial charge in [0, 0.05) is 26.1 Å². The molecule has 17 heavy (non-hydrogen) atoms. The van der Waals surface area contributed by atoms with Gasteiger partial charge < -0.3 is 4.98 Å². The molecule has 0 saturated carbocycles. The largest absolute Gasteiger partial charge is 0.357 e. The molecule has 0 aliphatic rings. The van der Waals surface area contributed by atoms with Crippen LogP contribution in [0.5, 0.6) is 0 Å². The van der Waals surface area contributed by atoms with Crippen molar-refractivity contribution in [1.82, 2.24) is 4.98 Å². The second-order valence-electron chi connectivity index (χ2n) is 5.11. The normalized spacial score (nSPS) is 12.1. The number of H-pyrrole nitrogens is 1. The number of nitrogens with one attached hydrogen (secondary N) is 1. The molecule has 1 N–H and O–H groups in total. The third kappa shape index (κ3) is 2.50. The predicted molar refractivity (Wildman–Crippen MR) is 81.0 cm³/mol. The Labute approximate surface area is 119 Å². The van der Waals surface area contributed by atoms with Gasteiger partial charge in [0.25, 0.3) is 0 Å². The van der Waals surface area contributed by atoms with Gasteiger partial charge in [0.1, 0.15) is 0 Å². The van der Waals surface area contributed by atoms with Crippen molar-refractivity contribution in [1.29, 1.82) is 0 Å². The first-order valence-corrected chi connectivity index (χ1v) is 6.77. The number of hydrogen-bond acceptors (Lipinski definition) is 1. The minimum absolute atomic E-state index is 0.0177. The summed E-state index contributed by atoms with van der Waals surface area (Å²) in [6.45, 7) is 6.18. The molecule has 0 fully saturated rings. The van der Waals surface area contributed by atoms with Crippen LogP contribution < -0.4 is 5.43 Å². The molecular formula is C13H13ClINO. The number of aromatic nitrogens is 1. The lowest BCUT2D eigenvalue weighted by molar-refractivity contribution is 0.571. The molecule has 2 aromatic rings. The summed E-state index contributed by atoms with van der Waals surface area (Å²) in [5, 5.41) is 1.24. The van der Waals surface area contributed by atoms with Crippen LogP contribution in [0.2, 0.25) is 5.02 Å². The van der Waals surface area contributed by atoms with Crippen molar-refractivity contribution < 1.29 is 0 Å². The minimum Gasteiger partial charge on any atom is -0.357 e. The number of benzene rings is 1. The number of rotatable bonds is 0. The maximum absolute atomic E-state index is 12.1. The monoisotopic (exact) mass is 361 g/mol. The lowest BCUT2D eigenvalue weighted by Gasteiger charge is -2.19. The van der Waals surface area contributed by atoms with E-state index in [0.29, 0.717) is 10.4 Å². The Kier molecular flexibility index (Phi) is 3.25. The lowest BCUT2D eigenvalue weighted by Crippen LogP contribution is -2.17. The SMILES string of the molecule is CC(C)(C)c1cc(=O)c2cc(I)cc(Cl)c2[nH]1. The minimum atomic E-state index is -0.0975. The van der Waals surface area contributed by atoms with E-state index in [1.54, 1.807) is 6.07 Å². The summed E-state index contributed by atoms with van der Waals surface area (Å²) in [5.41, 5.74) is 1.55. The molecule has 0 aliphatic carbocycles. The Morgan fingerprint density at radius 3 is 2.47 bits per heavy atom. The highest BCUT2D eigenvalue weighted by molar-refractivity contribution is 14.1. The summed E-state index contributed by atoms with van der Waals surface area (Å²) in [6.07, 6.45) is 0. The number of hydrogen-bond donors (Lipinski definition) is 1. The molecule has 0 amide bonds. The van der Waals surface area contributed by atoms with Gasteiger partial charge in [-0.1, -0.05) is 32.4 Å². The lowest BCUT2D eigenvalue weighted by atomic mass is 9.91. The Hall–Kier alpha value is -0.550. The summed E-state index contributed by atoms with van der Waals surface area (Å²) >= 11 is 8.34. The molecule has 2 rings (SSSR count). The summed E-state index contributed by atoms with van der Waals surface area (Å²) in [4.78, 5) is 15.3. The third-order valence-corrected chi connectivity index (χ3v) is 3.58. The number of fused-ring (bicyclic) bond motifs is 1. The zero-order valence-electron chi connectivity index (χ0n) is 9.90. The van der Waals surface area contributed by atoms with Crippen LogP contribution in [0.25, 0.3) is 10.9 Å². The molecule has 1 aromatic carbocycles. The van der Waals surface area contributed by atoms with Crippen molar-refractivity contribution in [2.45, 2.75) is 26.2 Å². The van der Waals surface area contributed by atoms with E-state index in [4.69, 9.17) is 11.6 Å². The van der Waals surface area contributed by atoms with E-state index in [1.165, 1.54) is 0 Å². The first kappa shape index (κ1) is 12.9. The maximum atomic E-state index is 12.1. The molecule has 1 heterocycles. The van der Waals surface area contributed by atoms with Crippen LogP contribution in [-0.2, 0) is 5.41 Å². The van der Waals surface area contributed by atoms with Crippen molar-refractivity contribution >= 4 is 45.1 Å². The average molecular weight is 362 g/mol. The van der Waals surface area contributed by atoms with Crippen LogP contribution in [0.3, 0.4) is 0 Å². The molecule has 0 spiro atoms. The fourth-order valence-corrected chi connectivity index (χ4v) is 2.75. The summed E-state index contributed by atoms with van der Waals surface area (Å²) in [7, 11) is 0. The van der Waals surface area contributed by atoms with Gasteiger partial charge in [0.05, 0.1) is 10.5 Å². The van der Waals surface area contributed by atoms with E-state index in [2.05, 4.69) is 48.3 Å². The van der Waals surface area contributed by atoms with E-state index in [-0.39, 0.29) is 10.8 Å². The van der Waals surface area contributed by atoms with Crippen molar-refractivity contribution in [2.75, 3.05) is 0 Å². The quantitative estimate of drug-likeness (QED) is 0.705. The predicted octanol–water partition coefficient (Wildman–Crippen LogP) is 4.08. The Balaban J connectivity index is 2.88. The second kappa shape index (κ2) is 4.28. The number of halogens is 2. The van der Waals surface area contributed by atoms with Gasteiger partial charge in [-0.15, -0.1) is 0 Å². The molecule has 90 valence electrons. The molecule has 0 unspecified atom stereocenters. The van der Waals surface area contributed by atoms with Crippen molar-refractivity contribution in [2.24, 2.45) is 0 Å². The van der Waals surface area contributed by atoms with Crippen LogP contribution in [0.1, 0.15) is 26.5 Å². The van der Waals surface area contributed by atoms with E-state index >= 15 is 0 Å². The van der Waals surface area contributed by atoms with E-state index < -0.39 is 0 Å². The van der Waals surface area contributed by atoms with Gasteiger partial charge in [-0.25, -0.2) is 0 Å². The standard InChI is InChI=1S/C13H13ClINO/c1-13(2,3)11-6-10(17)8-4-7(15)5-9(14)12(8)16-11/h4-6H,1-3H3,(H,16,17). The van der Waals surface area contributed by atoms with Gasteiger partial charge in [0.2, 0.25) is 0 Å². The number of pyridine rings is 1. The molecule has 1 aromatic heterocycles. The molecule has 0 atom stereocenters. The zero-order valence-corrected chi connectivity index (χ0v) is 12.8. The van der Waals surface area contributed by atoms with Crippen LogP contribution >= 0.6 is 34.2 Å². The third-order valence-electron chi connectivity index (χ3n) is 2.66. The molecule has 4 heteroatoms. The fraction of sp³-hybridized carbons (Fsp3) is 0.308. The zero-order chi connectivity index (χ0) is 12.8. The Morgan fingerprint density at radius 1 is 1.24 bits per heavy atom. The average Bonchev–Trinajstić information content (AvgIpc) is 2.17. The molecular weight excluding hydrogens is 349 g/mol. The van der Waals surface area contributed by atoms with Crippen LogP contribution in [0.4, 0.5) is 0 Å². The molecule has 2 nitrogen and oxygen atoms in total. The first-order chi connectivity index (χ1) is 7.79. The molecule has 0 aliphatic heterocycles. The summed E-state index contributed by atoms with van der Waals surface area (Å²) < 4.78 is 0.967. The smallest absolute Gasteiger partial charge is 0.189 e. The highest BCUT2D eigenvalue weighted by Gasteiger charge is 2.17. The van der Waals surface area contributed by atoms with Crippen molar-refractivity contribution in [3.8, 4) is 0 Å². The molecule has 0 bridgehead atoms. The van der Waals surface area contributed by atoms with Crippen molar-refractivity contribution in [3.63, 3.8) is 0 Å². The fourth-order valence-electron chi connectivity index (χ4n) is 1.68. The van der Waals surface area contributed by atoms with Crippen LogP contribution in [-0.4, -0.2) is 4.98 Å². The van der Waals surface area contributed by atoms with Crippen LogP contribution in [0.15, 0.2) is 23.0 Å². The van der Waals surface area contributed by atoms with Gasteiger partial charge in [0.15, 0.2) is 5.43 Å². The van der Waals surface area contributed by atoms with Gasteiger partial charge in [-0.3, -0.25) is 4.79 Å². The van der Waals surface area contributed by atoms with Crippen LogP contribution in [0, 0.1) is 3.57 Å². The van der Waals surface area contributed by atoms with Crippen molar-refractivity contribution in [3.05, 3.63) is 42.7 Å². The van der Waals surface area contributed by atoms with E-state index in [1.807, 2.05) is 12.1 Å². The Morgan fingerprint density at radius 2 is 1.88 bits per heavy atom. The Bertz CT molecular complexity index is 640. The molecule has 0 saturated heterocycles. The highest BCUT2D eigenvalue weighted by Crippen LogP contribution is 2.26.